The summed E-state index contributed by atoms with van der Waals surface area (Å²) in [4.78, 5) is 24.6. The number of nitrogens with one attached hydrogen (secondary N) is 1. The molecule has 1 N–H and O–H groups in total. The molecule has 1 aliphatic rings. The first-order chi connectivity index (χ1) is 10.9. The molecule has 0 fully saturated rings. The zero-order valence-electron chi connectivity index (χ0n) is 12.9. The minimum absolute atomic E-state index is 0.0244. The minimum Gasteiger partial charge on any atom is -0.487 e. The first-order valence-electron chi connectivity index (χ1n) is 7.28. The van der Waals surface area contributed by atoms with Crippen LogP contribution in [0.2, 0.25) is 5.02 Å². The van der Waals surface area contributed by atoms with E-state index < -0.39 is 5.60 Å². The van der Waals surface area contributed by atoms with Crippen molar-refractivity contribution in [2.75, 3.05) is 5.32 Å². The van der Waals surface area contributed by atoms with Crippen molar-refractivity contribution >= 4 is 29.0 Å². The van der Waals surface area contributed by atoms with E-state index in [0.29, 0.717) is 27.6 Å². The second-order valence-corrected chi connectivity index (χ2v) is 6.51. The lowest BCUT2D eigenvalue weighted by Gasteiger charge is -2.31. The fourth-order valence-corrected chi connectivity index (χ4v) is 2.73. The van der Waals surface area contributed by atoms with Crippen molar-refractivity contribution in [1.29, 1.82) is 0 Å². The van der Waals surface area contributed by atoms with Crippen LogP contribution in [-0.4, -0.2) is 17.3 Å². The van der Waals surface area contributed by atoms with Crippen LogP contribution in [0.25, 0.3) is 0 Å². The Labute approximate surface area is 139 Å². The van der Waals surface area contributed by atoms with Crippen LogP contribution < -0.4 is 10.1 Å². The van der Waals surface area contributed by atoms with Crippen LogP contribution in [0.5, 0.6) is 5.75 Å². The highest BCUT2D eigenvalue weighted by molar-refractivity contribution is 6.33. The monoisotopic (exact) mass is 329 g/mol. The van der Waals surface area contributed by atoms with E-state index in [-0.39, 0.29) is 18.1 Å². The highest BCUT2D eigenvalue weighted by Gasteiger charge is 2.32. The minimum atomic E-state index is -0.522. The van der Waals surface area contributed by atoms with E-state index in [9.17, 15) is 9.59 Å². The quantitative estimate of drug-likeness (QED) is 0.891. The summed E-state index contributed by atoms with van der Waals surface area (Å²) in [5.74, 6) is 0.169. The Balaban J connectivity index is 1.88. The predicted octanol–water partition coefficient (Wildman–Crippen LogP) is 4.34. The van der Waals surface area contributed by atoms with Gasteiger partial charge in [0.05, 0.1) is 22.7 Å². The van der Waals surface area contributed by atoms with Crippen LogP contribution in [0.4, 0.5) is 5.69 Å². The van der Waals surface area contributed by atoms with Gasteiger partial charge in [0, 0.05) is 5.56 Å². The number of hydrogen-bond acceptors (Lipinski definition) is 3. The largest absolute Gasteiger partial charge is 0.487 e. The molecule has 0 atom stereocenters. The molecular weight excluding hydrogens is 314 g/mol. The number of para-hydroxylation sites is 1. The maximum Gasteiger partial charge on any atom is 0.255 e. The van der Waals surface area contributed by atoms with E-state index in [4.69, 9.17) is 16.3 Å². The van der Waals surface area contributed by atoms with Crippen LogP contribution in [0.1, 0.15) is 41.0 Å². The first kappa shape index (κ1) is 15.6. The maximum absolute atomic E-state index is 12.4. The fraction of sp³-hybridized carbons (Fsp3) is 0.222. The van der Waals surface area contributed by atoms with Gasteiger partial charge in [0.25, 0.3) is 5.91 Å². The first-order valence-corrected chi connectivity index (χ1v) is 7.66. The number of rotatable bonds is 2. The molecule has 0 bridgehead atoms. The van der Waals surface area contributed by atoms with E-state index in [2.05, 4.69) is 5.32 Å². The number of Topliss-reactive ketones (excluding diaryl/α,β-unsaturated/α-hetero) is 1. The Morgan fingerprint density at radius 3 is 2.70 bits per heavy atom. The summed E-state index contributed by atoms with van der Waals surface area (Å²) in [6, 6.07) is 11.9. The molecule has 4 nitrogen and oxygen atoms in total. The summed E-state index contributed by atoms with van der Waals surface area (Å²) >= 11 is 6.04. The predicted molar refractivity (Wildman–Crippen MR) is 89.5 cm³/mol. The zero-order chi connectivity index (χ0) is 16.6. The third-order valence-electron chi connectivity index (χ3n) is 3.64. The zero-order valence-corrected chi connectivity index (χ0v) is 13.6. The number of halogens is 1. The smallest absolute Gasteiger partial charge is 0.255 e. The Hall–Kier alpha value is -2.33. The molecule has 5 heteroatoms. The van der Waals surface area contributed by atoms with Gasteiger partial charge in [0.2, 0.25) is 0 Å². The summed E-state index contributed by atoms with van der Waals surface area (Å²) in [5.41, 5.74) is 0.836. The van der Waals surface area contributed by atoms with E-state index in [1.807, 2.05) is 13.8 Å². The Morgan fingerprint density at radius 2 is 1.96 bits per heavy atom. The van der Waals surface area contributed by atoms with Crippen LogP contribution in [-0.2, 0) is 0 Å². The van der Waals surface area contributed by atoms with Gasteiger partial charge < -0.3 is 10.1 Å². The molecule has 1 amide bonds. The van der Waals surface area contributed by atoms with Gasteiger partial charge in [-0.25, -0.2) is 0 Å². The van der Waals surface area contributed by atoms with Crippen LogP contribution in [0.3, 0.4) is 0 Å². The highest BCUT2D eigenvalue weighted by Crippen LogP contribution is 2.33. The molecule has 0 saturated carbocycles. The third kappa shape index (κ3) is 3.22. The molecule has 0 spiro atoms. The molecule has 1 heterocycles. The van der Waals surface area contributed by atoms with E-state index >= 15 is 0 Å². The summed E-state index contributed by atoms with van der Waals surface area (Å²) < 4.78 is 5.79. The van der Waals surface area contributed by atoms with Crippen molar-refractivity contribution in [1.82, 2.24) is 0 Å². The number of carbonyl (C=O) groups is 2. The summed E-state index contributed by atoms with van der Waals surface area (Å²) in [6.45, 7) is 3.73. The number of hydrogen-bond donors (Lipinski definition) is 1. The lowest BCUT2D eigenvalue weighted by atomic mass is 9.92. The van der Waals surface area contributed by atoms with Crippen LogP contribution in [0, 0.1) is 0 Å². The maximum atomic E-state index is 12.4. The molecule has 0 saturated heterocycles. The number of ether oxygens (including phenoxy) is 1. The molecule has 0 aliphatic carbocycles. The van der Waals surface area contributed by atoms with Gasteiger partial charge in [0.1, 0.15) is 11.4 Å². The lowest BCUT2D eigenvalue weighted by molar-refractivity contribution is 0.0620. The fourth-order valence-electron chi connectivity index (χ4n) is 2.55. The number of carbonyl (C=O) groups excluding carboxylic acids is 2. The lowest BCUT2D eigenvalue weighted by Crippen LogP contribution is -2.36. The number of anilines is 1. The summed E-state index contributed by atoms with van der Waals surface area (Å²) in [5, 5.41) is 3.20. The van der Waals surface area contributed by atoms with Gasteiger partial charge in [-0.2, -0.15) is 0 Å². The standard InChI is InChI=1S/C18H16ClNO3/c1-18(2)10-15(21)12-9-11(7-8-16(12)23-18)17(22)20-14-6-4-3-5-13(14)19/h3-9H,10H2,1-2H3,(H,20,22). The number of benzene rings is 2. The van der Waals surface area contributed by atoms with Crippen molar-refractivity contribution < 1.29 is 14.3 Å². The SMILES string of the molecule is CC1(C)CC(=O)c2cc(C(=O)Nc3ccccc3Cl)ccc2O1. The van der Waals surface area contributed by atoms with Gasteiger partial charge in [0.15, 0.2) is 5.78 Å². The molecule has 118 valence electrons. The molecule has 2 aromatic carbocycles. The molecule has 23 heavy (non-hydrogen) atoms. The molecule has 0 unspecified atom stereocenters. The van der Waals surface area contributed by atoms with Crippen molar-refractivity contribution in [3.05, 3.63) is 58.6 Å². The van der Waals surface area contributed by atoms with Crippen LogP contribution in [0.15, 0.2) is 42.5 Å². The molecule has 0 aromatic heterocycles. The van der Waals surface area contributed by atoms with Crippen molar-refractivity contribution in [3.8, 4) is 5.75 Å². The molecular formula is C18H16ClNO3. The van der Waals surface area contributed by atoms with Gasteiger partial charge >= 0.3 is 0 Å². The Morgan fingerprint density at radius 1 is 1.22 bits per heavy atom. The highest BCUT2D eigenvalue weighted by atomic mass is 35.5. The normalized spacial score (nSPS) is 15.5. The van der Waals surface area contributed by atoms with Gasteiger partial charge in [-0.05, 0) is 44.2 Å². The second-order valence-electron chi connectivity index (χ2n) is 6.11. The molecule has 1 aliphatic heterocycles. The van der Waals surface area contributed by atoms with Gasteiger partial charge in [-0.1, -0.05) is 23.7 Å². The Bertz CT molecular complexity index is 799. The molecule has 0 radical (unpaired) electrons. The summed E-state index contributed by atoms with van der Waals surface area (Å²) in [6.07, 6.45) is 0.287. The van der Waals surface area contributed by atoms with Crippen molar-refractivity contribution in [2.45, 2.75) is 25.9 Å². The van der Waals surface area contributed by atoms with E-state index in [0.717, 1.165) is 0 Å². The average molecular weight is 330 g/mol. The van der Waals surface area contributed by atoms with Crippen LogP contribution >= 0.6 is 11.6 Å². The Kier molecular flexibility index (Phi) is 3.86. The molecule has 2 aromatic rings. The van der Waals surface area contributed by atoms with Crippen molar-refractivity contribution in [3.63, 3.8) is 0 Å². The summed E-state index contributed by atoms with van der Waals surface area (Å²) in [7, 11) is 0. The van der Waals surface area contributed by atoms with E-state index in [1.54, 1.807) is 42.5 Å². The molecule has 3 rings (SSSR count). The van der Waals surface area contributed by atoms with Gasteiger partial charge in [-0.3, -0.25) is 9.59 Å². The topological polar surface area (TPSA) is 55.4 Å². The van der Waals surface area contributed by atoms with Crippen molar-refractivity contribution in [2.24, 2.45) is 0 Å². The third-order valence-corrected chi connectivity index (χ3v) is 3.97. The van der Waals surface area contributed by atoms with Gasteiger partial charge in [-0.15, -0.1) is 0 Å². The second kappa shape index (κ2) is 5.70. The number of ketones is 1. The average Bonchev–Trinajstić information content (AvgIpc) is 2.48. The number of fused-ring (bicyclic) bond motifs is 1. The van der Waals surface area contributed by atoms with E-state index in [1.165, 1.54) is 0 Å². The number of amides is 1.